The van der Waals surface area contributed by atoms with Gasteiger partial charge in [-0.15, -0.1) is 0 Å². The summed E-state index contributed by atoms with van der Waals surface area (Å²) < 4.78 is 18.4. The maximum absolute atomic E-state index is 13.2. The minimum atomic E-state index is -0.221. The predicted octanol–water partition coefficient (Wildman–Crippen LogP) is 2.48. The summed E-state index contributed by atoms with van der Waals surface area (Å²) in [5, 5.41) is 7.33. The summed E-state index contributed by atoms with van der Waals surface area (Å²) in [6.07, 6.45) is 3.26. The third-order valence-electron chi connectivity index (χ3n) is 3.23. The van der Waals surface area contributed by atoms with Crippen molar-refractivity contribution < 1.29 is 8.91 Å². The Labute approximate surface area is 111 Å². The second-order valence-electron chi connectivity index (χ2n) is 4.95. The van der Waals surface area contributed by atoms with Crippen molar-refractivity contribution in [3.05, 3.63) is 35.5 Å². The second-order valence-corrected chi connectivity index (χ2v) is 4.95. The van der Waals surface area contributed by atoms with Crippen molar-refractivity contribution in [2.45, 2.75) is 32.2 Å². The van der Waals surface area contributed by atoms with Gasteiger partial charge in [-0.25, -0.2) is 4.39 Å². The van der Waals surface area contributed by atoms with Crippen LogP contribution in [0, 0.1) is 12.7 Å². The summed E-state index contributed by atoms with van der Waals surface area (Å²) in [6, 6.07) is 5.50. The number of benzene rings is 1. The summed E-state index contributed by atoms with van der Waals surface area (Å²) in [5.41, 5.74) is 1.36. The van der Waals surface area contributed by atoms with E-state index in [1.807, 2.05) is 0 Å². The van der Waals surface area contributed by atoms with Crippen molar-refractivity contribution in [1.29, 1.82) is 0 Å². The van der Waals surface area contributed by atoms with Gasteiger partial charge < -0.3 is 9.84 Å². The molecule has 0 aliphatic heterocycles. The van der Waals surface area contributed by atoms with E-state index in [0.717, 1.165) is 18.5 Å². The molecular formula is C14H16FN3O. The van der Waals surface area contributed by atoms with Gasteiger partial charge in [0.15, 0.2) is 0 Å². The highest BCUT2D eigenvalue weighted by Crippen LogP contribution is 2.20. The van der Waals surface area contributed by atoms with Crippen LogP contribution in [0.15, 0.2) is 22.7 Å². The van der Waals surface area contributed by atoms with Crippen LogP contribution in [0.25, 0.3) is 11.4 Å². The van der Waals surface area contributed by atoms with Crippen LogP contribution in [0.2, 0.25) is 0 Å². The minimum Gasteiger partial charge on any atom is -0.339 e. The molecule has 1 aromatic carbocycles. The average molecular weight is 261 g/mol. The molecule has 0 unspecified atom stereocenters. The van der Waals surface area contributed by atoms with Gasteiger partial charge in [0.1, 0.15) is 5.82 Å². The van der Waals surface area contributed by atoms with Crippen molar-refractivity contribution in [3.8, 4) is 11.4 Å². The molecule has 5 heteroatoms. The standard InChI is InChI=1S/C14H16FN3O/c1-9-8-10(2-5-12(9)15)14-17-13(19-18-14)6-7-16-11-3-4-11/h2,5,8,11,16H,3-4,6-7H2,1H3. The zero-order valence-electron chi connectivity index (χ0n) is 10.8. The molecule has 1 saturated carbocycles. The number of halogens is 1. The van der Waals surface area contributed by atoms with E-state index in [-0.39, 0.29) is 5.82 Å². The van der Waals surface area contributed by atoms with Crippen LogP contribution in [0.5, 0.6) is 0 Å². The van der Waals surface area contributed by atoms with Gasteiger partial charge in [0.2, 0.25) is 11.7 Å². The number of hydrogen-bond acceptors (Lipinski definition) is 4. The Kier molecular flexibility index (Phi) is 3.29. The molecule has 19 heavy (non-hydrogen) atoms. The first kappa shape index (κ1) is 12.3. The number of aryl methyl sites for hydroxylation is 1. The van der Waals surface area contributed by atoms with Crippen LogP contribution in [-0.2, 0) is 6.42 Å². The van der Waals surface area contributed by atoms with E-state index in [9.17, 15) is 4.39 Å². The number of aromatic nitrogens is 2. The fourth-order valence-electron chi connectivity index (χ4n) is 1.93. The van der Waals surface area contributed by atoms with Crippen LogP contribution in [0.3, 0.4) is 0 Å². The van der Waals surface area contributed by atoms with E-state index in [0.29, 0.717) is 23.3 Å². The SMILES string of the molecule is Cc1cc(-c2noc(CCNC3CC3)n2)ccc1F. The predicted molar refractivity (Wildman–Crippen MR) is 69.2 cm³/mol. The zero-order valence-corrected chi connectivity index (χ0v) is 10.8. The van der Waals surface area contributed by atoms with E-state index in [2.05, 4.69) is 15.5 Å². The lowest BCUT2D eigenvalue weighted by atomic mass is 10.1. The van der Waals surface area contributed by atoms with Gasteiger partial charge in [-0.1, -0.05) is 5.16 Å². The summed E-state index contributed by atoms with van der Waals surface area (Å²) in [6.45, 7) is 2.58. The monoisotopic (exact) mass is 261 g/mol. The van der Waals surface area contributed by atoms with E-state index in [1.165, 1.54) is 18.9 Å². The zero-order chi connectivity index (χ0) is 13.2. The van der Waals surface area contributed by atoms with Gasteiger partial charge in [-0.3, -0.25) is 0 Å². The lowest BCUT2D eigenvalue weighted by molar-refractivity contribution is 0.376. The van der Waals surface area contributed by atoms with Gasteiger partial charge in [0.05, 0.1) is 0 Å². The Morgan fingerprint density at radius 3 is 3.00 bits per heavy atom. The second kappa shape index (κ2) is 5.09. The molecule has 0 atom stereocenters. The topological polar surface area (TPSA) is 51.0 Å². The highest BCUT2D eigenvalue weighted by Gasteiger charge is 2.20. The molecule has 1 N–H and O–H groups in total. The van der Waals surface area contributed by atoms with E-state index < -0.39 is 0 Å². The van der Waals surface area contributed by atoms with Gasteiger partial charge in [0.25, 0.3) is 0 Å². The Bertz CT molecular complexity index is 578. The molecule has 0 spiro atoms. The van der Waals surface area contributed by atoms with Crippen LogP contribution in [0.1, 0.15) is 24.3 Å². The highest BCUT2D eigenvalue weighted by atomic mass is 19.1. The van der Waals surface area contributed by atoms with Crippen molar-refractivity contribution in [2.24, 2.45) is 0 Å². The molecule has 2 aromatic rings. The lowest BCUT2D eigenvalue weighted by Gasteiger charge is -1.98. The Hall–Kier alpha value is -1.75. The molecular weight excluding hydrogens is 245 g/mol. The van der Waals surface area contributed by atoms with Gasteiger partial charge in [-0.2, -0.15) is 4.98 Å². The molecule has 1 aliphatic rings. The Morgan fingerprint density at radius 1 is 1.42 bits per heavy atom. The molecule has 1 aromatic heterocycles. The molecule has 0 amide bonds. The Morgan fingerprint density at radius 2 is 2.26 bits per heavy atom. The molecule has 0 bridgehead atoms. The molecule has 0 radical (unpaired) electrons. The molecule has 0 saturated heterocycles. The lowest BCUT2D eigenvalue weighted by Crippen LogP contribution is -2.19. The average Bonchev–Trinajstić information content (AvgIpc) is 3.10. The number of nitrogens with one attached hydrogen (secondary N) is 1. The maximum Gasteiger partial charge on any atom is 0.228 e. The third-order valence-corrected chi connectivity index (χ3v) is 3.23. The molecule has 1 heterocycles. The van der Waals surface area contributed by atoms with Gasteiger partial charge >= 0.3 is 0 Å². The van der Waals surface area contributed by atoms with Crippen molar-refractivity contribution in [3.63, 3.8) is 0 Å². The van der Waals surface area contributed by atoms with E-state index in [4.69, 9.17) is 4.52 Å². The minimum absolute atomic E-state index is 0.221. The van der Waals surface area contributed by atoms with Crippen molar-refractivity contribution >= 4 is 0 Å². The molecule has 3 rings (SSSR count). The first-order valence-electron chi connectivity index (χ1n) is 6.55. The summed E-state index contributed by atoms with van der Waals surface area (Å²) in [7, 11) is 0. The molecule has 1 aliphatic carbocycles. The maximum atomic E-state index is 13.2. The highest BCUT2D eigenvalue weighted by molar-refractivity contribution is 5.55. The van der Waals surface area contributed by atoms with E-state index >= 15 is 0 Å². The number of nitrogens with zero attached hydrogens (tertiary/aromatic N) is 2. The van der Waals surface area contributed by atoms with E-state index in [1.54, 1.807) is 19.1 Å². The smallest absolute Gasteiger partial charge is 0.228 e. The fraction of sp³-hybridized carbons (Fsp3) is 0.429. The van der Waals surface area contributed by atoms with Crippen molar-refractivity contribution in [2.75, 3.05) is 6.54 Å². The normalized spacial score (nSPS) is 14.8. The molecule has 4 nitrogen and oxygen atoms in total. The first-order valence-corrected chi connectivity index (χ1v) is 6.55. The Balaban J connectivity index is 1.67. The summed E-state index contributed by atoms with van der Waals surface area (Å²) in [4.78, 5) is 4.33. The largest absolute Gasteiger partial charge is 0.339 e. The number of rotatable bonds is 5. The third kappa shape index (κ3) is 2.98. The molecule has 100 valence electrons. The fourth-order valence-corrected chi connectivity index (χ4v) is 1.93. The van der Waals surface area contributed by atoms with Gasteiger partial charge in [-0.05, 0) is 43.5 Å². The number of hydrogen-bond donors (Lipinski definition) is 1. The quantitative estimate of drug-likeness (QED) is 0.898. The van der Waals surface area contributed by atoms with Crippen LogP contribution >= 0.6 is 0 Å². The first-order chi connectivity index (χ1) is 9.22. The molecule has 1 fully saturated rings. The van der Waals surface area contributed by atoms with Crippen LogP contribution in [-0.4, -0.2) is 22.7 Å². The van der Waals surface area contributed by atoms with Crippen LogP contribution in [0.4, 0.5) is 4.39 Å². The van der Waals surface area contributed by atoms with Crippen molar-refractivity contribution in [1.82, 2.24) is 15.5 Å². The van der Waals surface area contributed by atoms with Gasteiger partial charge in [0, 0.05) is 24.6 Å². The van der Waals surface area contributed by atoms with Crippen LogP contribution < -0.4 is 5.32 Å². The summed E-state index contributed by atoms with van der Waals surface area (Å²) >= 11 is 0. The summed E-state index contributed by atoms with van der Waals surface area (Å²) in [5.74, 6) is 0.913.